The highest BCUT2D eigenvalue weighted by Crippen LogP contribution is 2.30. The Kier molecular flexibility index (Phi) is 5.34. The molecule has 0 saturated carbocycles. The molecule has 2 aromatic carbocycles. The van der Waals surface area contributed by atoms with Crippen LogP contribution in [0.2, 0.25) is 0 Å². The molecule has 1 saturated heterocycles. The molecule has 7 nitrogen and oxygen atoms in total. The van der Waals surface area contributed by atoms with E-state index in [4.69, 9.17) is 9.72 Å². The van der Waals surface area contributed by atoms with Gasteiger partial charge < -0.3 is 19.9 Å². The maximum absolute atomic E-state index is 12.9. The Morgan fingerprint density at radius 3 is 2.82 bits per heavy atom. The Morgan fingerprint density at radius 1 is 1.18 bits per heavy atom. The second-order valence-electron chi connectivity index (χ2n) is 9.01. The lowest BCUT2D eigenvalue weighted by Gasteiger charge is -2.39. The van der Waals surface area contributed by atoms with Crippen molar-refractivity contribution in [2.24, 2.45) is 0 Å². The number of aromatic amines is 1. The Hall–Kier alpha value is -3.71. The summed E-state index contributed by atoms with van der Waals surface area (Å²) in [4.78, 5) is 27.5. The number of amides is 1. The van der Waals surface area contributed by atoms with Gasteiger partial charge in [0.2, 0.25) is 0 Å². The van der Waals surface area contributed by atoms with Crippen molar-refractivity contribution in [1.82, 2.24) is 15.0 Å². The normalized spacial score (nSPS) is 15.5. The summed E-state index contributed by atoms with van der Waals surface area (Å²) >= 11 is 0. The van der Waals surface area contributed by atoms with Crippen molar-refractivity contribution in [3.8, 4) is 11.4 Å². The van der Waals surface area contributed by atoms with Crippen LogP contribution in [0.5, 0.6) is 0 Å². The van der Waals surface area contributed by atoms with Crippen molar-refractivity contribution < 1.29 is 9.53 Å². The summed E-state index contributed by atoms with van der Waals surface area (Å²) in [6.07, 6.45) is 3.29. The number of nitrogens with zero attached hydrogens (tertiary/aromatic N) is 3. The quantitative estimate of drug-likeness (QED) is 0.475. The summed E-state index contributed by atoms with van der Waals surface area (Å²) < 4.78 is 5.85. The molecule has 1 aliphatic rings. The predicted molar refractivity (Wildman–Crippen MR) is 131 cm³/mol. The molecule has 2 aromatic heterocycles. The lowest BCUT2D eigenvalue weighted by atomic mass is 10.0. The number of nitrogens with one attached hydrogen (secondary N) is 2. The molecule has 0 aliphatic carbocycles. The van der Waals surface area contributed by atoms with Crippen LogP contribution in [0.1, 0.15) is 29.8 Å². The molecule has 1 aliphatic heterocycles. The van der Waals surface area contributed by atoms with Gasteiger partial charge in [-0.1, -0.05) is 6.07 Å². The number of H-pyrrole nitrogens is 1. The van der Waals surface area contributed by atoms with Gasteiger partial charge in [-0.25, -0.2) is 4.98 Å². The zero-order valence-electron chi connectivity index (χ0n) is 19.1. The molecule has 0 radical (unpaired) electrons. The lowest BCUT2D eigenvalue weighted by molar-refractivity contribution is -0.0276. The molecule has 4 aromatic rings. The number of aryl methyl sites for hydroxylation is 1. The number of ether oxygens (including phenoxy) is 1. The zero-order valence-corrected chi connectivity index (χ0v) is 19.1. The number of morpholine rings is 1. The SMILES string of the molecule is Cc1cc(N2CCOC(C)(C)C2)ccc1-c1nc2c(C(=O)Nc3cccnc3)cccc2[nH]1. The van der Waals surface area contributed by atoms with E-state index in [1.807, 2.05) is 18.2 Å². The second-order valence-corrected chi connectivity index (χ2v) is 9.01. The second kappa shape index (κ2) is 8.33. The number of aromatic nitrogens is 3. The van der Waals surface area contributed by atoms with Crippen molar-refractivity contribution >= 4 is 28.3 Å². The third-order valence-electron chi connectivity index (χ3n) is 5.93. The van der Waals surface area contributed by atoms with Crippen molar-refractivity contribution in [2.45, 2.75) is 26.4 Å². The molecule has 5 rings (SSSR count). The van der Waals surface area contributed by atoms with Gasteiger partial charge in [-0.05, 0) is 68.8 Å². The minimum atomic E-state index is -0.214. The Labute approximate surface area is 192 Å². The first-order valence-electron chi connectivity index (χ1n) is 11.1. The molecule has 0 spiro atoms. The molecule has 1 fully saturated rings. The summed E-state index contributed by atoms with van der Waals surface area (Å²) in [5.74, 6) is 0.534. The molecule has 33 heavy (non-hydrogen) atoms. The molecule has 3 heterocycles. The third-order valence-corrected chi connectivity index (χ3v) is 5.93. The van der Waals surface area contributed by atoms with E-state index in [2.05, 4.69) is 59.2 Å². The highest BCUT2D eigenvalue weighted by molar-refractivity contribution is 6.11. The summed E-state index contributed by atoms with van der Waals surface area (Å²) in [7, 11) is 0. The largest absolute Gasteiger partial charge is 0.372 e. The average molecular weight is 442 g/mol. The van der Waals surface area contributed by atoms with E-state index >= 15 is 0 Å². The molecule has 7 heteroatoms. The van der Waals surface area contributed by atoms with Crippen LogP contribution in [-0.4, -0.2) is 46.2 Å². The fraction of sp³-hybridized carbons (Fsp3) is 0.269. The summed E-state index contributed by atoms with van der Waals surface area (Å²) in [5, 5.41) is 2.89. The maximum Gasteiger partial charge on any atom is 0.257 e. The first kappa shape index (κ1) is 21.2. The summed E-state index contributed by atoms with van der Waals surface area (Å²) in [5.41, 5.74) is 5.79. The number of rotatable bonds is 4. The van der Waals surface area contributed by atoms with Gasteiger partial charge in [0.25, 0.3) is 5.91 Å². The molecule has 2 N–H and O–H groups in total. The van der Waals surface area contributed by atoms with Crippen LogP contribution >= 0.6 is 0 Å². The van der Waals surface area contributed by atoms with E-state index in [1.54, 1.807) is 24.5 Å². The fourth-order valence-corrected chi connectivity index (χ4v) is 4.33. The van der Waals surface area contributed by atoms with Gasteiger partial charge in [0, 0.05) is 30.5 Å². The van der Waals surface area contributed by atoms with Crippen LogP contribution in [-0.2, 0) is 4.74 Å². The fourth-order valence-electron chi connectivity index (χ4n) is 4.33. The number of hydrogen-bond acceptors (Lipinski definition) is 5. The van der Waals surface area contributed by atoms with Crippen LogP contribution in [0.15, 0.2) is 60.9 Å². The minimum absolute atomic E-state index is 0.156. The van der Waals surface area contributed by atoms with E-state index in [9.17, 15) is 4.79 Å². The van der Waals surface area contributed by atoms with E-state index in [-0.39, 0.29) is 11.5 Å². The average Bonchev–Trinajstić information content (AvgIpc) is 3.23. The Bertz CT molecular complexity index is 1310. The molecule has 0 unspecified atom stereocenters. The van der Waals surface area contributed by atoms with E-state index in [0.717, 1.165) is 42.2 Å². The van der Waals surface area contributed by atoms with Gasteiger partial charge in [-0.2, -0.15) is 0 Å². The third kappa shape index (κ3) is 4.32. The van der Waals surface area contributed by atoms with Crippen LogP contribution in [0.4, 0.5) is 11.4 Å². The van der Waals surface area contributed by atoms with Crippen molar-refractivity contribution in [2.75, 3.05) is 29.9 Å². The molecular formula is C26H27N5O2. The zero-order chi connectivity index (χ0) is 23.0. The van der Waals surface area contributed by atoms with Gasteiger partial charge in [0.1, 0.15) is 11.3 Å². The number of carbonyl (C=O) groups is 1. The van der Waals surface area contributed by atoms with E-state index in [0.29, 0.717) is 16.8 Å². The highest BCUT2D eigenvalue weighted by Gasteiger charge is 2.27. The predicted octanol–water partition coefficient (Wildman–Crippen LogP) is 4.80. The van der Waals surface area contributed by atoms with Crippen molar-refractivity contribution in [3.05, 3.63) is 72.1 Å². The number of carbonyl (C=O) groups excluding carboxylic acids is 1. The van der Waals surface area contributed by atoms with E-state index < -0.39 is 0 Å². The highest BCUT2D eigenvalue weighted by atomic mass is 16.5. The van der Waals surface area contributed by atoms with Gasteiger partial charge >= 0.3 is 0 Å². The Morgan fingerprint density at radius 2 is 2.06 bits per heavy atom. The number of fused-ring (bicyclic) bond motifs is 1. The summed E-state index contributed by atoms with van der Waals surface area (Å²) in [6.45, 7) is 8.79. The monoisotopic (exact) mass is 441 g/mol. The minimum Gasteiger partial charge on any atom is -0.372 e. The number of hydrogen-bond donors (Lipinski definition) is 2. The van der Waals surface area contributed by atoms with Crippen LogP contribution in [0, 0.1) is 6.92 Å². The smallest absolute Gasteiger partial charge is 0.257 e. The van der Waals surface area contributed by atoms with Crippen LogP contribution < -0.4 is 10.2 Å². The topological polar surface area (TPSA) is 83.1 Å². The molecule has 168 valence electrons. The van der Waals surface area contributed by atoms with Gasteiger partial charge in [0.15, 0.2) is 0 Å². The number of para-hydroxylation sites is 1. The van der Waals surface area contributed by atoms with Crippen molar-refractivity contribution in [3.63, 3.8) is 0 Å². The summed E-state index contributed by atoms with van der Waals surface area (Å²) in [6, 6.07) is 15.6. The van der Waals surface area contributed by atoms with Crippen LogP contribution in [0.25, 0.3) is 22.4 Å². The number of imidazole rings is 1. The maximum atomic E-state index is 12.9. The molecule has 0 bridgehead atoms. The van der Waals surface area contributed by atoms with Gasteiger partial charge in [-0.15, -0.1) is 0 Å². The van der Waals surface area contributed by atoms with Gasteiger partial charge in [0.05, 0.1) is 35.2 Å². The molecule has 1 amide bonds. The van der Waals surface area contributed by atoms with E-state index in [1.165, 1.54) is 5.69 Å². The lowest BCUT2D eigenvalue weighted by Crippen LogP contribution is -2.48. The number of pyridine rings is 1. The van der Waals surface area contributed by atoms with Crippen molar-refractivity contribution in [1.29, 1.82) is 0 Å². The Balaban J connectivity index is 1.45. The first-order valence-corrected chi connectivity index (χ1v) is 11.1. The molecular weight excluding hydrogens is 414 g/mol. The molecule has 0 atom stereocenters. The van der Waals surface area contributed by atoms with Gasteiger partial charge in [-0.3, -0.25) is 9.78 Å². The number of anilines is 2. The number of benzene rings is 2. The standard InChI is InChI=1S/C26H27N5O2/c1-17-14-19(31-12-13-33-26(2,3)16-31)9-10-20(17)24-29-22-8-4-7-21(23(22)30-24)25(32)28-18-6-5-11-27-15-18/h4-11,14-15H,12-13,16H2,1-3H3,(H,28,32)(H,29,30). The first-order chi connectivity index (χ1) is 15.9. The van der Waals surface area contributed by atoms with Crippen LogP contribution in [0.3, 0.4) is 0 Å².